The van der Waals surface area contributed by atoms with Crippen molar-refractivity contribution in [2.45, 2.75) is 110 Å². The predicted octanol–water partition coefficient (Wildman–Crippen LogP) is 8.14. The number of likely N-dealkylation sites (tertiary alicyclic amines) is 1. The van der Waals surface area contributed by atoms with Gasteiger partial charge in [-0.3, -0.25) is 118 Å². The third-order valence-electron chi connectivity index (χ3n) is 28.1. The maximum Gasteiger partial charge on any atom is 0.257 e. The first-order chi connectivity index (χ1) is 71.9. The van der Waals surface area contributed by atoms with Crippen molar-refractivity contribution >= 4 is 82.6 Å². The minimum Gasteiger partial charge on any atom is -0.494 e. The zero-order valence-electron chi connectivity index (χ0n) is 82.0. The second-order valence-corrected chi connectivity index (χ2v) is 39.5. The number of nitrogens with zero attached hydrogens (tertiary/aromatic N) is 12. The lowest BCUT2D eigenvalue weighted by Gasteiger charge is -2.28. The van der Waals surface area contributed by atoms with Gasteiger partial charge in [-0.15, -0.1) is 0 Å². The molecule has 7 fully saturated rings. The van der Waals surface area contributed by atoms with Crippen molar-refractivity contribution in [1.29, 1.82) is 0 Å². The molecule has 33 nitrogen and oxygen atoms in total. The first kappa shape index (κ1) is 103. The van der Waals surface area contributed by atoms with Crippen LogP contribution in [0.5, 0.6) is 23.0 Å². The van der Waals surface area contributed by atoms with Gasteiger partial charge in [0.1, 0.15) is 27.5 Å². The normalized spacial score (nSPS) is 21.2. The molecule has 12 aliphatic heterocycles. The van der Waals surface area contributed by atoms with E-state index in [2.05, 4.69) is 108 Å². The maximum atomic E-state index is 14.8. The van der Waals surface area contributed by atoms with Gasteiger partial charge in [-0.2, -0.15) is 11.8 Å². The molecule has 7 saturated heterocycles. The fourth-order valence-electron chi connectivity index (χ4n) is 20.1. The summed E-state index contributed by atoms with van der Waals surface area (Å²) in [5.74, 6) is 16.2. The summed E-state index contributed by atoms with van der Waals surface area (Å²) < 4.78 is 98.1. The predicted molar refractivity (Wildman–Crippen MR) is 528 cm³/mol. The van der Waals surface area contributed by atoms with E-state index in [0.717, 1.165) is 111 Å². The van der Waals surface area contributed by atoms with Crippen LogP contribution in [0.3, 0.4) is 0 Å². The molecule has 149 heavy (non-hydrogen) atoms. The van der Waals surface area contributed by atoms with Gasteiger partial charge in [0.15, 0.2) is 46.3 Å². The molecule has 16 heterocycles. The maximum absolute atomic E-state index is 14.8. The molecule has 766 valence electrons. The Morgan fingerprint density at radius 2 is 0.631 bits per heavy atom. The Balaban J connectivity index is 0.000000130. The minimum absolute atomic E-state index is 0.0246. The summed E-state index contributed by atoms with van der Waals surface area (Å²) >= 11 is 1.95. The SMILES string of the molecule is COc1ccc2c(c1F)C(=O)N(C[C@@]1(C#Cc3ccc(CN4CCCCC4)nc3)CC(=O)NC1=O)C2.COc1ccc2c(c1F)C(=O)N(C[C@@]1(C#Cc3ccc(CN4CCOCC4)nc3)CC(=O)NC1=O)C2.COc1ccc2c(c1F)C(=O)N(C[C@@]1(C#Cc3ccc(CN4CCSCC4)nc3)CC(=O)NC1=O)C2.COc1ccc2c(c1F)C(=O)N(C[C@@]1(C#Cc3ccc(CN4CCc5ccc(F)cc5C4)nc3)CC(=O)NC1=O)C2. The largest absolute Gasteiger partial charge is 0.494 e. The standard InChI is InChI=1S/C31H26F2N4O4.C27H27FN4O4.C26H25FN4O5.C26H25FN4O4S/c1-41-25-7-4-21-16-37(29(39)27(21)28(25)33)18-31(13-26(38)35-30(31)40)10-8-19-2-6-24(34-14-19)17-36-11-9-20-3-5-23(32)12-22(20)15-36;1-36-21-8-6-19-15-32(25(34)23(19)24(21)28)17-27(13-22(33)30-26(27)35)10-9-18-5-7-20(29-14-18)16-31-11-3-2-4-12-31;2*1-35-20-5-3-18-14-31(24(33)22(18)23(20)27)16-26(12-21(32)29-25(26)34)7-6-17-2-4-19(28-13-17)15-30-8-10-36-11-9-30/h2-7,12,14H,9,11,13,15-18H2,1H3,(H,35,38,40);5-8,14H,2-4,11-13,15-17H2,1H3,(H,30,33,35);2*2-5,13H,8-12,14-16H2,1H3,(H,29,32,34)/t31-;27-;2*26-/m1111/s1. The number of morpholine rings is 1. The number of imide groups is 4. The summed E-state index contributed by atoms with van der Waals surface area (Å²) in [5, 5.41) is 9.19. The molecule has 4 atom stereocenters. The van der Waals surface area contributed by atoms with Crippen molar-refractivity contribution in [1.82, 2.24) is 80.4 Å². The molecule has 12 amide bonds. The number of carbonyl (C=O) groups excluding carboxylic acids is 12. The van der Waals surface area contributed by atoms with Crippen LogP contribution >= 0.6 is 11.8 Å². The molecule has 21 rings (SSSR count). The summed E-state index contributed by atoms with van der Waals surface area (Å²) in [5.41, 5.74) is 3.92. The second-order valence-electron chi connectivity index (χ2n) is 38.3. The van der Waals surface area contributed by atoms with Gasteiger partial charge in [-0.1, -0.05) is 84.1 Å². The fraction of sp³-hybridized carbons (Fsp3) is 0.364. The summed E-state index contributed by atoms with van der Waals surface area (Å²) in [6.07, 6.45) is 10.3. The average molecular weight is 2050 g/mol. The number of methoxy groups -OCH3 is 4. The van der Waals surface area contributed by atoms with E-state index in [4.69, 9.17) is 23.7 Å². The van der Waals surface area contributed by atoms with Crippen LogP contribution in [0.25, 0.3) is 0 Å². The highest BCUT2D eigenvalue weighted by atomic mass is 32.2. The van der Waals surface area contributed by atoms with Crippen LogP contribution in [0, 0.1) is 98.1 Å². The number of carbonyl (C=O) groups is 12. The number of benzene rings is 5. The lowest BCUT2D eigenvalue weighted by molar-refractivity contribution is -0.128. The molecule has 39 heteroatoms. The van der Waals surface area contributed by atoms with Gasteiger partial charge < -0.3 is 43.3 Å². The number of rotatable bonds is 20. The number of amides is 12. The highest BCUT2D eigenvalue weighted by molar-refractivity contribution is 7.99. The Morgan fingerprint density at radius 3 is 0.919 bits per heavy atom. The van der Waals surface area contributed by atoms with E-state index in [-0.39, 0.29) is 129 Å². The molecule has 0 unspecified atom stereocenters. The number of nitrogens with one attached hydrogen (secondary N) is 4. The molecule has 0 saturated carbocycles. The van der Waals surface area contributed by atoms with Gasteiger partial charge in [0, 0.05) is 176 Å². The molecular formula is C110H103F5N16O17S. The zero-order chi connectivity index (χ0) is 105. The Labute approximate surface area is 858 Å². The van der Waals surface area contributed by atoms with Crippen LogP contribution in [-0.4, -0.2) is 255 Å². The first-order valence-corrected chi connectivity index (χ1v) is 49.8. The topological polar surface area (TPSA) is 377 Å². The number of hydrogen-bond acceptors (Lipinski definition) is 26. The molecular weight excluding hydrogens is 1940 g/mol. The van der Waals surface area contributed by atoms with Gasteiger partial charge in [0.05, 0.1) is 112 Å². The van der Waals surface area contributed by atoms with Crippen LogP contribution in [0.1, 0.15) is 165 Å². The number of aromatic nitrogens is 4. The average Bonchev–Trinajstić information content (AvgIpc) is 1.62. The molecule has 5 aromatic carbocycles. The lowest BCUT2D eigenvalue weighted by Crippen LogP contribution is -2.42. The van der Waals surface area contributed by atoms with Crippen LogP contribution in [0.2, 0.25) is 0 Å². The number of pyridine rings is 4. The number of piperidine rings is 1. The number of fused-ring (bicyclic) bond motifs is 5. The van der Waals surface area contributed by atoms with Crippen LogP contribution in [0.4, 0.5) is 22.0 Å². The quantitative estimate of drug-likeness (QED) is 0.0317. The van der Waals surface area contributed by atoms with E-state index in [1.165, 1.54) is 97.6 Å². The van der Waals surface area contributed by atoms with Crippen LogP contribution in [0.15, 0.2) is 140 Å². The summed E-state index contributed by atoms with van der Waals surface area (Å²) in [6, 6.07) is 32.1. The Hall–Kier alpha value is -15.6. The second kappa shape index (κ2) is 44.6. The van der Waals surface area contributed by atoms with E-state index in [1.807, 2.05) is 60.3 Å². The van der Waals surface area contributed by atoms with Gasteiger partial charge in [0.25, 0.3) is 23.6 Å². The van der Waals surface area contributed by atoms with Crippen LogP contribution in [-0.2, 0) is 108 Å². The molecule has 0 aliphatic carbocycles. The molecule has 4 N–H and O–H groups in total. The third kappa shape index (κ3) is 22.8. The number of ether oxygens (including phenoxy) is 5. The van der Waals surface area contributed by atoms with E-state index >= 15 is 0 Å². The van der Waals surface area contributed by atoms with E-state index in [9.17, 15) is 79.5 Å². The van der Waals surface area contributed by atoms with Crippen molar-refractivity contribution in [2.24, 2.45) is 21.7 Å². The van der Waals surface area contributed by atoms with Crippen molar-refractivity contribution in [3.8, 4) is 70.4 Å². The summed E-state index contributed by atoms with van der Waals surface area (Å²) in [4.78, 5) is 185. The Morgan fingerprint density at radius 1 is 0.336 bits per heavy atom. The molecule has 0 bridgehead atoms. The Bertz CT molecular complexity index is 6690. The van der Waals surface area contributed by atoms with E-state index < -0.39 is 116 Å². The third-order valence-corrected chi connectivity index (χ3v) is 29.0. The fourth-order valence-corrected chi connectivity index (χ4v) is 21.1. The highest BCUT2D eigenvalue weighted by Crippen LogP contribution is 2.42. The number of thioether (sulfide) groups is 1. The molecule has 0 spiro atoms. The van der Waals surface area contributed by atoms with Crippen molar-refractivity contribution in [3.05, 3.63) is 270 Å². The van der Waals surface area contributed by atoms with E-state index in [1.54, 1.807) is 61.2 Å². The van der Waals surface area contributed by atoms with Gasteiger partial charge in [-0.05, 0) is 151 Å². The molecule has 9 aromatic rings. The van der Waals surface area contributed by atoms with Gasteiger partial charge in [0.2, 0.25) is 47.3 Å². The highest BCUT2D eigenvalue weighted by Gasteiger charge is 2.54. The van der Waals surface area contributed by atoms with Gasteiger partial charge in [-0.25, -0.2) is 22.0 Å². The number of hydrogen-bond donors (Lipinski definition) is 4. The van der Waals surface area contributed by atoms with Crippen molar-refractivity contribution < 1.29 is 103 Å². The van der Waals surface area contributed by atoms with Gasteiger partial charge >= 0.3 is 0 Å². The van der Waals surface area contributed by atoms with Crippen molar-refractivity contribution in [3.63, 3.8) is 0 Å². The number of halogens is 5. The molecule has 0 radical (unpaired) electrons. The molecule has 12 aliphatic rings. The summed E-state index contributed by atoms with van der Waals surface area (Å²) in [6.45, 7) is 11.5. The minimum atomic E-state index is -1.48. The smallest absolute Gasteiger partial charge is 0.257 e. The Kier molecular flexibility index (Phi) is 30.9. The first-order valence-electron chi connectivity index (χ1n) is 48.6. The van der Waals surface area contributed by atoms with E-state index in [0.29, 0.717) is 77.4 Å². The summed E-state index contributed by atoms with van der Waals surface area (Å²) in [7, 11) is 5.30. The lowest BCUT2D eigenvalue weighted by atomic mass is 9.85. The zero-order valence-corrected chi connectivity index (χ0v) is 82.8. The van der Waals surface area contributed by atoms with Crippen LogP contribution < -0.4 is 40.2 Å². The molecule has 4 aromatic heterocycles. The monoisotopic (exact) mass is 2050 g/mol. The van der Waals surface area contributed by atoms with Crippen molar-refractivity contribution in [2.75, 3.05) is 125 Å².